The lowest BCUT2D eigenvalue weighted by Gasteiger charge is -2.34. The van der Waals surface area contributed by atoms with Crippen LogP contribution in [0.25, 0.3) is 0 Å². The van der Waals surface area contributed by atoms with Crippen molar-refractivity contribution in [2.75, 3.05) is 0 Å². The van der Waals surface area contributed by atoms with E-state index in [2.05, 4.69) is 22.6 Å². The van der Waals surface area contributed by atoms with Crippen LogP contribution in [0.15, 0.2) is 6.20 Å². The van der Waals surface area contributed by atoms with E-state index in [1.165, 1.54) is 25.7 Å². The number of hydrogen-bond acceptors (Lipinski definition) is 4. The maximum Gasteiger partial charge on any atom is 0.358 e. The molecule has 0 spiro atoms. The van der Waals surface area contributed by atoms with Gasteiger partial charge in [-0.25, -0.2) is 9.48 Å². The van der Waals surface area contributed by atoms with Crippen molar-refractivity contribution >= 4 is 5.97 Å². The van der Waals surface area contributed by atoms with E-state index < -0.39 is 5.97 Å². The molecular weight excluding hydrogens is 256 g/mol. The van der Waals surface area contributed by atoms with E-state index in [-0.39, 0.29) is 11.7 Å². The summed E-state index contributed by atoms with van der Waals surface area (Å²) in [6.45, 7) is 2.26. The molecule has 0 aliphatic heterocycles. The summed E-state index contributed by atoms with van der Waals surface area (Å²) >= 11 is 0. The van der Waals surface area contributed by atoms with Crippen LogP contribution in [0.2, 0.25) is 0 Å². The van der Waals surface area contributed by atoms with Crippen LogP contribution in [0.5, 0.6) is 0 Å². The molecule has 0 bridgehead atoms. The predicted molar refractivity (Wildman–Crippen MR) is 73.6 cm³/mol. The first-order valence-corrected chi connectivity index (χ1v) is 7.56. The third-order valence-corrected chi connectivity index (χ3v) is 4.60. The zero-order valence-corrected chi connectivity index (χ0v) is 11.8. The average molecular weight is 278 g/mol. The Morgan fingerprint density at radius 2 is 2.15 bits per heavy atom. The van der Waals surface area contributed by atoms with Gasteiger partial charge in [0.1, 0.15) is 0 Å². The first kappa shape index (κ1) is 13.5. The van der Waals surface area contributed by atoms with Gasteiger partial charge in [-0.05, 0) is 38.5 Å². The molecule has 110 valence electrons. The number of nitrogens with one attached hydrogen (secondary N) is 1. The van der Waals surface area contributed by atoms with Gasteiger partial charge in [0.05, 0.1) is 12.2 Å². The van der Waals surface area contributed by atoms with Gasteiger partial charge in [0.15, 0.2) is 5.69 Å². The molecule has 2 aliphatic rings. The molecule has 0 amide bonds. The number of carboxylic acids is 1. The normalized spacial score (nSPS) is 28.2. The van der Waals surface area contributed by atoms with Crippen molar-refractivity contribution in [2.45, 2.75) is 63.6 Å². The van der Waals surface area contributed by atoms with E-state index in [4.69, 9.17) is 5.11 Å². The second-order valence-electron chi connectivity index (χ2n) is 6.14. The fraction of sp³-hybridized carbons (Fsp3) is 0.786. The van der Waals surface area contributed by atoms with Crippen LogP contribution in [-0.2, 0) is 0 Å². The first-order valence-electron chi connectivity index (χ1n) is 7.56. The topological polar surface area (TPSA) is 80.0 Å². The molecule has 3 atom stereocenters. The molecule has 2 saturated carbocycles. The lowest BCUT2D eigenvalue weighted by atomic mass is 9.89. The Balaban J connectivity index is 1.71. The molecule has 1 unspecified atom stereocenters. The van der Waals surface area contributed by atoms with Crippen molar-refractivity contribution in [3.63, 3.8) is 0 Å². The number of carbonyl (C=O) groups is 1. The van der Waals surface area contributed by atoms with E-state index in [0.29, 0.717) is 12.1 Å². The van der Waals surface area contributed by atoms with Gasteiger partial charge >= 0.3 is 5.97 Å². The quantitative estimate of drug-likeness (QED) is 0.859. The van der Waals surface area contributed by atoms with E-state index in [0.717, 1.165) is 18.8 Å². The summed E-state index contributed by atoms with van der Waals surface area (Å²) in [7, 11) is 0. The predicted octanol–water partition coefficient (Wildman–Crippen LogP) is 1.85. The largest absolute Gasteiger partial charge is 0.476 e. The maximum absolute atomic E-state index is 10.9. The van der Waals surface area contributed by atoms with Gasteiger partial charge in [0.25, 0.3) is 0 Å². The zero-order valence-electron chi connectivity index (χ0n) is 11.8. The third kappa shape index (κ3) is 2.85. The van der Waals surface area contributed by atoms with E-state index in [1.807, 2.05) is 0 Å². The van der Waals surface area contributed by atoms with E-state index >= 15 is 0 Å². The molecule has 1 aromatic heterocycles. The summed E-state index contributed by atoms with van der Waals surface area (Å²) in [5, 5.41) is 20.5. The van der Waals surface area contributed by atoms with Gasteiger partial charge in [0, 0.05) is 12.1 Å². The van der Waals surface area contributed by atoms with Gasteiger partial charge in [0.2, 0.25) is 0 Å². The lowest BCUT2D eigenvalue weighted by molar-refractivity contribution is 0.0690. The number of nitrogens with zero attached hydrogens (tertiary/aromatic N) is 3. The fourth-order valence-corrected chi connectivity index (χ4v) is 3.23. The van der Waals surface area contributed by atoms with Crippen LogP contribution in [0.4, 0.5) is 0 Å². The summed E-state index contributed by atoms with van der Waals surface area (Å²) in [5.74, 6) is -0.189. The highest BCUT2D eigenvalue weighted by atomic mass is 16.4. The molecule has 2 aliphatic carbocycles. The minimum Gasteiger partial charge on any atom is -0.476 e. The minimum absolute atomic E-state index is 0.0320. The van der Waals surface area contributed by atoms with Crippen LogP contribution < -0.4 is 5.32 Å². The molecule has 20 heavy (non-hydrogen) atoms. The molecule has 0 aromatic carbocycles. The van der Waals surface area contributed by atoms with E-state index in [1.54, 1.807) is 10.9 Å². The van der Waals surface area contributed by atoms with Crippen molar-refractivity contribution in [3.8, 4) is 0 Å². The van der Waals surface area contributed by atoms with Crippen LogP contribution in [-0.4, -0.2) is 38.2 Å². The lowest BCUT2D eigenvalue weighted by Crippen LogP contribution is -2.45. The Kier molecular flexibility index (Phi) is 3.74. The molecular formula is C14H22N4O2. The second kappa shape index (κ2) is 5.52. The summed E-state index contributed by atoms with van der Waals surface area (Å²) in [6, 6.07) is 1.15. The minimum atomic E-state index is -1.01. The molecule has 3 rings (SSSR count). The number of rotatable bonds is 5. The Morgan fingerprint density at radius 3 is 2.80 bits per heavy atom. The molecule has 0 radical (unpaired) electrons. The third-order valence-electron chi connectivity index (χ3n) is 4.60. The molecule has 2 N–H and O–H groups in total. The molecule has 2 fully saturated rings. The smallest absolute Gasteiger partial charge is 0.358 e. The van der Waals surface area contributed by atoms with Crippen molar-refractivity contribution < 1.29 is 9.90 Å². The van der Waals surface area contributed by atoms with Crippen LogP contribution in [0.3, 0.4) is 0 Å². The van der Waals surface area contributed by atoms with Crippen molar-refractivity contribution in [1.29, 1.82) is 0 Å². The van der Waals surface area contributed by atoms with E-state index in [9.17, 15) is 4.79 Å². The van der Waals surface area contributed by atoms with Gasteiger partial charge in [-0.3, -0.25) is 0 Å². The Morgan fingerprint density at radius 1 is 1.40 bits per heavy atom. The highest BCUT2D eigenvalue weighted by molar-refractivity contribution is 5.84. The number of hydrogen-bond donors (Lipinski definition) is 2. The number of carboxylic acid groups (broad SMARTS) is 1. The Hall–Kier alpha value is -1.43. The van der Waals surface area contributed by atoms with Gasteiger partial charge in [-0.1, -0.05) is 18.1 Å². The highest BCUT2D eigenvalue weighted by Crippen LogP contribution is 2.35. The molecule has 1 heterocycles. The Bertz CT molecular complexity index is 483. The van der Waals surface area contributed by atoms with Crippen molar-refractivity contribution in [2.24, 2.45) is 5.92 Å². The standard InChI is InChI=1S/C14H22N4O2/c1-9(10-6-7-10)15-11-4-2-3-5-13(11)18-8-12(14(19)20)16-17-18/h8-11,13,15H,2-7H2,1H3,(H,19,20)/t9?,11-,13+/m1/s1. The average Bonchev–Trinajstić information content (AvgIpc) is 3.17. The zero-order chi connectivity index (χ0) is 14.1. The number of aromatic carboxylic acids is 1. The summed E-state index contributed by atoms with van der Waals surface area (Å²) in [5.41, 5.74) is 0.0320. The van der Waals surface area contributed by atoms with Crippen molar-refractivity contribution in [1.82, 2.24) is 20.3 Å². The van der Waals surface area contributed by atoms with Crippen LogP contribution >= 0.6 is 0 Å². The van der Waals surface area contributed by atoms with Crippen LogP contribution in [0.1, 0.15) is 62.0 Å². The molecule has 0 saturated heterocycles. The van der Waals surface area contributed by atoms with Crippen LogP contribution in [0, 0.1) is 5.92 Å². The summed E-state index contributed by atoms with van der Waals surface area (Å²) in [4.78, 5) is 10.9. The highest BCUT2D eigenvalue weighted by Gasteiger charge is 2.33. The molecule has 1 aromatic rings. The Labute approximate surface area is 118 Å². The second-order valence-corrected chi connectivity index (χ2v) is 6.14. The monoisotopic (exact) mass is 278 g/mol. The van der Waals surface area contributed by atoms with Gasteiger partial charge < -0.3 is 10.4 Å². The fourth-order valence-electron chi connectivity index (χ4n) is 3.23. The van der Waals surface area contributed by atoms with Crippen molar-refractivity contribution in [3.05, 3.63) is 11.9 Å². The SMILES string of the molecule is CC(N[C@@H]1CCCC[C@@H]1n1cc(C(=O)O)nn1)C1CC1. The maximum atomic E-state index is 10.9. The molecule has 6 nitrogen and oxygen atoms in total. The molecule has 6 heteroatoms. The number of aromatic nitrogens is 3. The summed E-state index contributed by atoms with van der Waals surface area (Å²) < 4.78 is 1.75. The first-order chi connectivity index (χ1) is 9.65. The van der Waals surface area contributed by atoms with Gasteiger partial charge in [-0.2, -0.15) is 0 Å². The summed E-state index contributed by atoms with van der Waals surface area (Å²) in [6.07, 6.45) is 8.79. The van der Waals surface area contributed by atoms with Gasteiger partial charge in [-0.15, -0.1) is 5.10 Å².